The summed E-state index contributed by atoms with van der Waals surface area (Å²) >= 11 is 3.37. The number of likely N-dealkylation sites (tertiary alicyclic amines) is 1. The molecule has 3 aliphatic rings. The predicted molar refractivity (Wildman–Crippen MR) is 116 cm³/mol. The van der Waals surface area contributed by atoms with Crippen LogP contribution >= 0.6 is 12.6 Å². The zero-order valence-corrected chi connectivity index (χ0v) is 20.6. The number of thiol groups is 1. The predicted octanol–water partition coefficient (Wildman–Crippen LogP) is 3.68. The number of rotatable bonds is 6. The number of alkyl halides is 6. The Morgan fingerprint density at radius 1 is 1.24 bits per heavy atom. The summed E-state index contributed by atoms with van der Waals surface area (Å²) in [6.45, 7) is 0.0693. The van der Waals surface area contributed by atoms with Gasteiger partial charge in [0.2, 0.25) is 11.3 Å². The summed E-state index contributed by atoms with van der Waals surface area (Å²) in [4.78, 5) is 18.3. The summed E-state index contributed by atoms with van der Waals surface area (Å²) in [5.74, 6) is -2.03. The highest BCUT2D eigenvalue weighted by atomic mass is 32.2. The van der Waals surface area contributed by atoms with Crippen LogP contribution < -0.4 is 4.74 Å². The maximum atomic E-state index is 13.4. The largest absolute Gasteiger partial charge is 0.470 e. The van der Waals surface area contributed by atoms with Gasteiger partial charge in [0.05, 0.1) is 15.9 Å². The van der Waals surface area contributed by atoms with Crippen molar-refractivity contribution in [3.8, 4) is 5.75 Å². The number of carbonyl (C=O) groups excluding carboxylic acids is 1. The zero-order valence-electron chi connectivity index (χ0n) is 18.9. The number of fused-ring (bicyclic) bond motifs is 1. The first-order valence-electron chi connectivity index (χ1n) is 10.9. The highest BCUT2D eigenvalue weighted by molar-refractivity contribution is 7.90. The van der Waals surface area contributed by atoms with Crippen LogP contribution in [0, 0.1) is 5.92 Å². The van der Waals surface area contributed by atoms with Crippen molar-refractivity contribution < 1.29 is 48.8 Å². The van der Waals surface area contributed by atoms with Crippen LogP contribution in [-0.2, 0) is 20.7 Å². The van der Waals surface area contributed by atoms with Crippen molar-refractivity contribution in [2.45, 2.75) is 52.8 Å². The molecule has 2 saturated carbocycles. The average Bonchev–Trinajstić information content (AvgIpc) is 3.63. The third kappa shape index (κ3) is 4.34. The molecule has 0 radical (unpaired) electrons. The molecule has 1 saturated heterocycles. The van der Waals surface area contributed by atoms with E-state index in [1.807, 2.05) is 0 Å². The molecule has 0 N–H and O–H groups in total. The molecule has 1 aliphatic heterocycles. The minimum absolute atomic E-state index is 0.0344. The Labute approximate surface area is 211 Å². The Hall–Kier alpha value is -2.49. The van der Waals surface area contributed by atoms with Gasteiger partial charge in [-0.15, -0.1) is 12.6 Å². The number of amides is 1. The van der Waals surface area contributed by atoms with E-state index in [4.69, 9.17) is 9.26 Å². The molecular formula is C21H19F6N3O5S2. The number of ether oxygens (including phenoxy) is 1. The maximum Gasteiger partial charge on any atom is 0.434 e. The summed E-state index contributed by atoms with van der Waals surface area (Å²) in [5.41, 5.74) is -6.02. The average molecular weight is 572 g/mol. The fourth-order valence-corrected chi connectivity index (χ4v) is 5.48. The normalized spacial score (nSPS) is 25.5. The second-order valence-corrected chi connectivity index (χ2v) is 12.2. The number of piperidine rings is 1. The Bertz CT molecular complexity index is 1370. The van der Waals surface area contributed by atoms with Crippen molar-refractivity contribution in [1.82, 2.24) is 15.0 Å². The van der Waals surface area contributed by atoms with E-state index in [0.29, 0.717) is 6.42 Å². The van der Waals surface area contributed by atoms with E-state index in [-0.39, 0.29) is 42.6 Å². The molecule has 3 atom stereocenters. The quantitative estimate of drug-likeness (QED) is 0.321. The highest BCUT2D eigenvalue weighted by Gasteiger charge is 2.70. The molecule has 0 bridgehead atoms. The summed E-state index contributed by atoms with van der Waals surface area (Å²) in [6.07, 6.45) is -8.39. The first kappa shape index (κ1) is 26.1. The van der Waals surface area contributed by atoms with Gasteiger partial charge in [0.15, 0.2) is 15.7 Å². The monoisotopic (exact) mass is 571 g/mol. The molecule has 2 heterocycles. The second kappa shape index (κ2) is 8.01. The Kier molecular flexibility index (Phi) is 5.65. The fraction of sp³-hybridized carbons (Fsp3) is 0.571. The Balaban J connectivity index is 1.41. The Morgan fingerprint density at radius 2 is 1.92 bits per heavy atom. The van der Waals surface area contributed by atoms with E-state index in [2.05, 4.69) is 22.8 Å². The fourth-order valence-electron chi connectivity index (χ4n) is 4.71. The third-order valence-corrected chi connectivity index (χ3v) is 8.64. The summed E-state index contributed by atoms with van der Waals surface area (Å²) in [6, 6.07) is 2.88. The third-order valence-electron chi connectivity index (χ3n) is 7.13. The van der Waals surface area contributed by atoms with Crippen molar-refractivity contribution in [1.29, 1.82) is 0 Å². The SMILES string of the molecule is CS(=O)(=O)c1ccc(OC(S)C(F)(F)F)c(C(=O)N2CC3CC3(c3noc(C4(C(F)(F)F)CC4)n3)C2)c1. The molecule has 1 aromatic heterocycles. The van der Waals surface area contributed by atoms with Gasteiger partial charge in [-0.3, -0.25) is 4.79 Å². The van der Waals surface area contributed by atoms with E-state index in [1.54, 1.807) is 0 Å². The van der Waals surface area contributed by atoms with Gasteiger partial charge in [-0.05, 0) is 43.4 Å². The van der Waals surface area contributed by atoms with Crippen molar-refractivity contribution >= 4 is 28.4 Å². The first-order chi connectivity index (χ1) is 17.0. The molecule has 2 aliphatic carbocycles. The lowest BCUT2D eigenvalue weighted by Crippen LogP contribution is -2.34. The van der Waals surface area contributed by atoms with Gasteiger partial charge >= 0.3 is 12.4 Å². The topological polar surface area (TPSA) is 103 Å². The molecule has 0 spiro atoms. The van der Waals surface area contributed by atoms with E-state index >= 15 is 0 Å². The summed E-state index contributed by atoms with van der Waals surface area (Å²) in [7, 11) is -3.82. The number of carbonyl (C=O) groups is 1. The van der Waals surface area contributed by atoms with Crippen LogP contribution in [0.25, 0.3) is 0 Å². The van der Waals surface area contributed by atoms with Crippen LogP contribution in [0.3, 0.4) is 0 Å². The number of sulfone groups is 1. The zero-order chi connectivity index (χ0) is 27.2. The van der Waals surface area contributed by atoms with Crippen LogP contribution in [0.1, 0.15) is 41.3 Å². The molecule has 2 aromatic rings. The minimum atomic E-state index is -4.87. The van der Waals surface area contributed by atoms with E-state index in [9.17, 15) is 39.6 Å². The number of nitrogens with zero attached hydrogens (tertiary/aromatic N) is 3. The second-order valence-electron chi connectivity index (χ2n) is 9.69. The lowest BCUT2D eigenvalue weighted by Gasteiger charge is -2.23. The van der Waals surface area contributed by atoms with Crippen LogP contribution in [0.4, 0.5) is 26.3 Å². The lowest BCUT2D eigenvalue weighted by atomic mass is 10.0. The molecule has 37 heavy (non-hydrogen) atoms. The summed E-state index contributed by atoms with van der Waals surface area (Å²) < 4.78 is 113. The molecule has 3 unspecified atom stereocenters. The number of hydrogen-bond acceptors (Lipinski definition) is 8. The molecule has 3 fully saturated rings. The standard InChI is InChI=1S/C21H19F6N3O5S2/c1-37(32,33)11-2-3-13(34-17(36)20(22,23)24)12(6-11)14(31)30-8-10-7-18(10,9-30)15-28-16(35-29-15)19(4-5-19)21(25,26)27/h2-3,6,10,17,36H,4-5,7-9H2,1H3. The molecule has 1 aromatic carbocycles. The molecular weight excluding hydrogens is 552 g/mol. The molecule has 5 rings (SSSR count). The van der Waals surface area contributed by atoms with Gasteiger partial charge < -0.3 is 14.2 Å². The van der Waals surface area contributed by atoms with Gasteiger partial charge in [0, 0.05) is 19.3 Å². The summed E-state index contributed by atoms with van der Waals surface area (Å²) in [5, 5.41) is 3.77. The maximum absolute atomic E-state index is 13.4. The number of hydrogen-bond donors (Lipinski definition) is 1. The van der Waals surface area contributed by atoms with Gasteiger partial charge in [-0.1, -0.05) is 5.16 Å². The van der Waals surface area contributed by atoms with Gasteiger partial charge in [-0.25, -0.2) is 8.42 Å². The molecule has 202 valence electrons. The smallest absolute Gasteiger partial charge is 0.434 e. The van der Waals surface area contributed by atoms with E-state index < -0.39 is 61.6 Å². The minimum Gasteiger partial charge on any atom is -0.470 e. The number of benzene rings is 1. The molecule has 8 nitrogen and oxygen atoms in total. The molecule has 16 heteroatoms. The van der Waals surface area contributed by atoms with E-state index in [0.717, 1.165) is 24.5 Å². The lowest BCUT2D eigenvalue weighted by molar-refractivity contribution is -0.166. The Morgan fingerprint density at radius 3 is 2.49 bits per heavy atom. The van der Waals surface area contributed by atoms with Crippen LogP contribution in [-0.4, -0.2) is 66.5 Å². The van der Waals surface area contributed by atoms with Gasteiger partial charge in [0.1, 0.15) is 11.2 Å². The van der Waals surface area contributed by atoms with E-state index in [1.165, 1.54) is 4.90 Å². The van der Waals surface area contributed by atoms with Crippen LogP contribution in [0.2, 0.25) is 0 Å². The highest BCUT2D eigenvalue weighted by Crippen LogP contribution is 2.61. The van der Waals surface area contributed by atoms with Crippen LogP contribution in [0.15, 0.2) is 27.6 Å². The molecule has 1 amide bonds. The van der Waals surface area contributed by atoms with Crippen molar-refractivity contribution in [3.63, 3.8) is 0 Å². The van der Waals surface area contributed by atoms with Crippen molar-refractivity contribution in [2.24, 2.45) is 5.92 Å². The van der Waals surface area contributed by atoms with Crippen molar-refractivity contribution in [2.75, 3.05) is 19.3 Å². The number of aromatic nitrogens is 2. The van der Waals surface area contributed by atoms with Gasteiger partial charge in [0.25, 0.3) is 5.91 Å². The van der Waals surface area contributed by atoms with Crippen molar-refractivity contribution in [3.05, 3.63) is 35.5 Å². The first-order valence-corrected chi connectivity index (χ1v) is 13.3. The number of halogens is 6. The van der Waals surface area contributed by atoms with Gasteiger partial charge in [-0.2, -0.15) is 31.3 Å². The van der Waals surface area contributed by atoms with Crippen LogP contribution in [0.5, 0.6) is 5.75 Å².